The van der Waals surface area contributed by atoms with E-state index in [2.05, 4.69) is 31.9 Å². The Hall–Kier alpha value is 0.400. The van der Waals surface area contributed by atoms with E-state index in [1.165, 1.54) is 6.07 Å². The lowest BCUT2D eigenvalue weighted by molar-refractivity contribution is 0.620. The Balaban J connectivity index is 3.31. The fourth-order valence-electron chi connectivity index (χ4n) is 0.525. The minimum atomic E-state index is -0.362. The standard InChI is InChI=1S/C6H2Br2ClF/c7-4-1-3(9)2-5(10)6(4)8/h1-2H. The molecule has 4 heteroatoms. The van der Waals surface area contributed by atoms with E-state index >= 15 is 0 Å². The maximum atomic E-state index is 12.7. The molecule has 0 aliphatic carbocycles. The summed E-state index contributed by atoms with van der Waals surface area (Å²) >= 11 is 11.7. The van der Waals surface area contributed by atoms with Crippen LogP contribution in [0.3, 0.4) is 0 Å². The molecule has 0 unspecified atom stereocenters. The smallest absolute Gasteiger partial charge is 0.140 e. The zero-order chi connectivity index (χ0) is 7.72. The predicted octanol–water partition coefficient (Wildman–Crippen LogP) is 4.00. The van der Waals surface area contributed by atoms with Crippen molar-refractivity contribution >= 4 is 43.5 Å². The number of hydrogen-bond donors (Lipinski definition) is 0. The first-order chi connectivity index (χ1) is 4.61. The molecule has 0 aromatic heterocycles. The Labute approximate surface area is 79.6 Å². The van der Waals surface area contributed by atoms with Crippen LogP contribution in [0.1, 0.15) is 0 Å². The summed E-state index contributed by atoms with van der Waals surface area (Å²) in [5.74, 6) is -0.362. The van der Waals surface area contributed by atoms with E-state index in [9.17, 15) is 4.39 Å². The zero-order valence-corrected chi connectivity index (χ0v) is 8.59. The molecule has 0 aliphatic heterocycles. The van der Waals surface area contributed by atoms with Crippen molar-refractivity contribution < 1.29 is 4.39 Å². The topological polar surface area (TPSA) is 0 Å². The van der Waals surface area contributed by atoms with Gasteiger partial charge in [-0.15, -0.1) is 0 Å². The molecule has 0 saturated carbocycles. The lowest BCUT2D eigenvalue weighted by Crippen LogP contribution is -1.77. The predicted molar refractivity (Wildman–Crippen MR) is 46.8 cm³/mol. The molecule has 0 aliphatic rings. The SMILES string of the molecule is Fc1cc(Cl)cc(Br)c1Br. The Morgan fingerprint density at radius 3 is 2.40 bits per heavy atom. The summed E-state index contributed by atoms with van der Waals surface area (Å²) in [7, 11) is 0. The van der Waals surface area contributed by atoms with Gasteiger partial charge in [0.25, 0.3) is 0 Å². The summed E-state index contributed by atoms with van der Waals surface area (Å²) < 4.78 is 13.7. The molecule has 0 fully saturated rings. The molecule has 0 N–H and O–H groups in total. The van der Waals surface area contributed by atoms with Crippen molar-refractivity contribution in [2.45, 2.75) is 0 Å². The maximum absolute atomic E-state index is 12.7. The first-order valence-electron chi connectivity index (χ1n) is 2.41. The Morgan fingerprint density at radius 2 is 1.90 bits per heavy atom. The lowest BCUT2D eigenvalue weighted by Gasteiger charge is -1.97. The Bertz CT molecular complexity index is 239. The maximum Gasteiger partial charge on any atom is 0.140 e. The molecule has 0 spiro atoms. The van der Waals surface area contributed by atoms with Gasteiger partial charge < -0.3 is 0 Å². The molecule has 0 radical (unpaired) electrons. The molecule has 10 heavy (non-hydrogen) atoms. The highest BCUT2D eigenvalue weighted by Gasteiger charge is 2.03. The van der Waals surface area contributed by atoms with Crippen LogP contribution in [0.2, 0.25) is 5.02 Å². The third-order valence-corrected chi connectivity index (χ3v) is 3.13. The average Bonchev–Trinajstić information content (AvgIpc) is 1.82. The Morgan fingerprint density at radius 1 is 1.30 bits per heavy atom. The largest absolute Gasteiger partial charge is 0.206 e. The van der Waals surface area contributed by atoms with Crippen LogP contribution in [0.25, 0.3) is 0 Å². The first kappa shape index (κ1) is 8.50. The van der Waals surface area contributed by atoms with Crippen LogP contribution in [-0.2, 0) is 0 Å². The second kappa shape index (κ2) is 3.20. The van der Waals surface area contributed by atoms with Crippen molar-refractivity contribution in [2.75, 3.05) is 0 Å². The van der Waals surface area contributed by atoms with Crippen molar-refractivity contribution in [3.8, 4) is 0 Å². The molecule has 0 amide bonds. The van der Waals surface area contributed by atoms with Gasteiger partial charge in [-0.25, -0.2) is 4.39 Å². The second-order valence-electron chi connectivity index (χ2n) is 1.68. The summed E-state index contributed by atoms with van der Waals surface area (Å²) in [5, 5.41) is 0.382. The highest BCUT2D eigenvalue weighted by molar-refractivity contribution is 9.13. The lowest BCUT2D eigenvalue weighted by atomic mass is 10.3. The van der Waals surface area contributed by atoms with Gasteiger partial charge in [-0.2, -0.15) is 0 Å². The monoisotopic (exact) mass is 286 g/mol. The Kier molecular flexibility index (Phi) is 2.72. The summed E-state index contributed by atoms with van der Waals surface area (Å²) in [5.41, 5.74) is 0. The molecule has 0 bridgehead atoms. The summed E-state index contributed by atoms with van der Waals surface area (Å²) in [6, 6.07) is 2.87. The number of halogens is 4. The molecular formula is C6H2Br2ClF. The normalized spacial score (nSPS) is 10.0. The summed E-state index contributed by atoms with van der Waals surface area (Å²) in [6.07, 6.45) is 0. The average molecular weight is 288 g/mol. The molecule has 54 valence electrons. The molecule has 1 rings (SSSR count). The second-order valence-corrected chi connectivity index (χ2v) is 3.77. The van der Waals surface area contributed by atoms with E-state index in [0.717, 1.165) is 0 Å². The van der Waals surface area contributed by atoms with Gasteiger partial charge in [0.05, 0.1) is 4.47 Å². The summed E-state index contributed by atoms with van der Waals surface area (Å²) in [4.78, 5) is 0. The van der Waals surface area contributed by atoms with Crippen LogP contribution in [0.15, 0.2) is 21.1 Å². The van der Waals surface area contributed by atoms with Crippen molar-refractivity contribution in [1.29, 1.82) is 0 Å². The quantitative estimate of drug-likeness (QED) is 0.500. The minimum Gasteiger partial charge on any atom is -0.206 e. The van der Waals surface area contributed by atoms with Gasteiger partial charge in [0, 0.05) is 9.50 Å². The van der Waals surface area contributed by atoms with Crippen LogP contribution in [0, 0.1) is 5.82 Å². The van der Waals surface area contributed by atoms with Crippen molar-refractivity contribution in [2.24, 2.45) is 0 Å². The number of benzene rings is 1. The fraction of sp³-hybridized carbons (Fsp3) is 0. The van der Waals surface area contributed by atoms with Crippen molar-refractivity contribution in [1.82, 2.24) is 0 Å². The molecule has 0 saturated heterocycles. The highest BCUT2D eigenvalue weighted by atomic mass is 79.9. The van der Waals surface area contributed by atoms with Gasteiger partial charge in [0.1, 0.15) is 5.82 Å². The minimum absolute atomic E-state index is 0.362. The first-order valence-corrected chi connectivity index (χ1v) is 4.37. The van der Waals surface area contributed by atoms with Crippen LogP contribution in [0.5, 0.6) is 0 Å². The molecule has 0 nitrogen and oxygen atoms in total. The van der Waals surface area contributed by atoms with E-state index in [1.54, 1.807) is 6.07 Å². The van der Waals surface area contributed by atoms with Crippen LogP contribution < -0.4 is 0 Å². The fourth-order valence-corrected chi connectivity index (χ4v) is 1.53. The molecule has 1 aromatic carbocycles. The third-order valence-electron chi connectivity index (χ3n) is 0.949. The summed E-state index contributed by atoms with van der Waals surface area (Å²) in [6.45, 7) is 0. The van der Waals surface area contributed by atoms with E-state index in [-0.39, 0.29) is 5.82 Å². The van der Waals surface area contributed by atoms with Gasteiger partial charge in [-0.3, -0.25) is 0 Å². The van der Waals surface area contributed by atoms with Gasteiger partial charge in [0.2, 0.25) is 0 Å². The number of rotatable bonds is 0. The van der Waals surface area contributed by atoms with Crippen LogP contribution in [-0.4, -0.2) is 0 Å². The number of hydrogen-bond acceptors (Lipinski definition) is 0. The van der Waals surface area contributed by atoms with E-state index in [0.29, 0.717) is 14.0 Å². The van der Waals surface area contributed by atoms with E-state index in [4.69, 9.17) is 11.6 Å². The molecule has 1 aromatic rings. The van der Waals surface area contributed by atoms with E-state index in [1.807, 2.05) is 0 Å². The third kappa shape index (κ3) is 1.71. The van der Waals surface area contributed by atoms with Crippen molar-refractivity contribution in [3.05, 3.63) is 31.9 Å². The zero-order valence-electron chi connectivity index (χ0n) is 4.67. The van der Waals surface area contributed by atoms with Crippen LogP contribution >= 0.6 is 43.5 Å². The highest BCUT2D eigenvalue weighted by Crippen LogP contribution is 2.28. The molecular weight excluding hydrogens is 286 g/mol. The van der Waals surface area contributed by atoms with Crippen LogP contribution in [0.4, 0.5) is 4.39 Å². The van der Waals surface area contributed by atoms with Gasteiger partial charge in [-0.1, -0.05) is 11.6 Å². The molecule has 0 atom stereocenters. The van der Waals surface area contributed by atoms with Crippen molar-refractivity contribution in [3.63, 3.8) is 0 Å². The van der Waals surface area contributed by atoms with Gasteiger partial charge >= 0.3 is 0 Å². The molecule has 0 heterocycles. The van der Waals surface area contributed by atoms with E-state index < -0.39 is 0 Å². The van der Waals surface area contributed by atoms with Gasteiger partial charge in [0.15, 0.2) is 0 Å². The van der Waals surface area contributed by atoms with Gasteiger partial charge in [-0.05, 0) is 44.0 Å².